The average molecular weight is 699 g/mol. The van der Waals surface area contributed by atoms with Crippen molar-refractivity contribution in [1.29, 1.82) is 0 Å². The van der Waals surface area contributed by atoms with Crippen LogP contribution in [0.5, 0.6) is 0 Å². The molecule has 3 heteroatoms. The first kappa shape index (κ1) is 37.9. The summed E-state index contributed by atoms with van der Waals surface area (Å²) in [7, 11) is 0. The second-order valence-electron chi connectivity index (χ2n) is 12.4. The first-order valence-electron chi connectivity index (χ1n) is 15.3. The van der Waals surface area contributed by atoms with E-state index >= 15 is 0 Å². The fourth-order valence-corrected chi connectivity index (χ4v) is 5.99. The Hall–Kier alpha value is -2.31. The smallest absolute Gasteiger partial charge is 0.0253 e. The Labute approximate surface area is 294 Å². The van der Waals surface area contributed by atoms with E-state index in [9.17, 15) is 0 Å². The van der Waals surface area contributed by atoms with Crippen LogP contribution in [0.4, 0.5) is 0 Å². The van der Waals surface area contributed by atoms with Crippen molar-refractivity contribution in [3.8, 4) is 11.1 Å². The summed E-state index contributed by atoms with van der Waals surface area (Å²) in [6, 6.07) is 35.6. The van der Waals surface area contributed by atoms with Crippen LogP contribution >= 0.6 is 0 Å². The monoisotopic (exact) mass is 696 g/mol. The Morgan fingerprint density at radius 2 is 1.36 bits per heavy atom. The number of hydrogen-bond donors (Lipinski definition) is 0. The Morgan fingerprint density at radius 3 is 1.91 bits per heavy atom. The minimum Gasteiger partial charge on any atom is -1.00 e. The molecule has 0 radical (unpaired) electrons. The second kappa shape index (κ2) is 18.0. The van der Waals surface area contributed by atoms with Gasteiger partial charge in [0.15, 0.2) is 0 Å². The van der Waals surface area contributed by atoms with E-state index in [-0.39, 0.29) is 24.8 Å². The molecule has 44 heavy (non-hydrogen) atoms. The van der Waals surface area contributed by atoms with E-state index in [1.54, 1.807) is 0 Å². The summed E-state index contributed by atoms with van der Waals surface area (Å²) >= 11 is 1.46. The minimum atomic E-state index is 0. The first-order valence-corrected chi connectivity index (χ1v) is 16.5. The van der Waals surface area contributed by atoms with E-state index in [2.05, 4.69) is 151 Å². The fourth-order valence-electron chi connectivity index (χ4n) is 5.17. The Balaban J connectivity index is 0.000000227. The third kappa shape index (κ3) is 10.7. The zero-order valence-electron chi connectivity index (χ0n) is 27.0. The van der Waals surface area contributed by atoms with E-state index < -0.39 is 0 Å². The van der Waals surface area contributed by atoms with Gasteiger partial charge in [0.1, 0.15) is 0 Å². The average Bonchev–Trinajstić information content (AvgIpc) is 3.63. The molecule has 0 saturated heterocycles. The number of aryl methyl sites for hydroxylation is 2. The van der Waals surface area contributed by atoms with Crippen molar-refractivity contribution in [1.82, 2.24) is 0 Å². The van der Waals surface area contributed by atoms with Gasteiger partial charge in [-0.15, -0.1) is 5.56 Å². The second-order valence-corrected chi connectivity index (χ2v) is 13.7. The summed E-state index contributed by atoms with van der Waals surface area (Å²) in [5.41, 5.74) is 12.6. The molecule has 228 valence electrons. The van der Waals surface area contributed by atoms with Gasteiger partial charge in [0.25, 0.3) is 0 Å². The van der Waals surface area contributed by atoms with Crippen molar-refractivity contribution in [2.24, 2.45) is 11.3 Å². The van der Waals surface area contributed by atoms with Crippen LogP contribution in [0.1, 0.15) is 80.3 Å². The zero-order chi connectivity index (χ0) is 30.1. The molecule has 2 aliphatic carbocycles. The molecule has 0 aliphatic heterocycles. The van der Waals surface area contributed by atoms with Crippen molar-refractivity contribution in [2.45, 2.75) is 67.2 Å². The molecule has 1 atom stereocenters. The maximum absolute atomic E-state index is 3.43. The Kier molecular flexibility index (Phi) is 15.5. The van der Waals surface area contributed by atoms with Crippen molar-refractivity contribution in [3.63, 3.8) is 0 Å². The van der Waals surface area contributed by atoms with Crippen molar-refractivity contribution < 1.29 is 49.0 Å². The van der Waals surface area contributed by atoms with Gasteiger partial charge in [-0.1, -0.05) is 93.7 Å². The summed E-state index contributed by atoms with van der Waals surface area (Å²) in [6.45, 7) is 13.3. The predicted octanol–water partition coefficient (Wildman–Crippen LogP) is 4.62. The Morgan fingerprint density at radius 1 is 0.795 bits per heavy atom. The molecule has 6 rings (SSSR count). The quantitative estimate of drug-likeness (QED) is 0.235. The van der Waals surface area contributed by atoms with Gasteiger partial charge in [0.05, 0.1) is 0 Å². The van der Waals surface area contributed by atoms with Crippen molar-refractivity contribution >= 4 is 3.21 Å². The summed E-state index contributed by atoms with van der Waals surface area (Å²) in [6.07, 6.45) is 12.9. The molecule has 0 N–H and O–H groups in total. The molecule has 0 nitrogen and oxygen atoms in total. The number of hydrogen-bond acceptors (Lipinski definition) is 0. The summed E-state index contributed by atoms with van der Waals surface area (Å²) in [5, 5.41) is 0. The number of halogens is 2. The maximum Gasteiger partial charge on any atom is -0.0253 e. The normalized spacial score (nSPS) is 13.9. The molecule has 0 bridgehead atoms. The van der Waals surface area contributed by atoms with Crippen LogP contribution in [-0.2, 0) is 30.7 Å². The third-order valence-corrected chi connectivity index (χ3v) is 9.28. The van der Waals surface area contributed by atoms with Gasteiger partial charge in [-0.25, -0.2) is 6.08 Å². The molecule has 0 amide bonds. The van der Waals surface area contributed by atoms with Crippen LogP contribution in [0.3, 0.4) is 0 Å². The van der Waals surface area contributed by atoms with Gasteiger partial charge in [-0.05, 0) is 6.42 Å². The van der Waals surface area contributed by atoms with Crippen LogP contribution in [-0.4, -0.2) is 3.21 Å². The summed E-state index contributed by atoms with van der Waals surface area (Å²) < 4.78 is 1.42. The fraction of sp³-hybridized carbons (Fsp3) is 0.293. The van der Waals surface area contributed by atoms with E-state index in [4.69, 9.17) is 0 Å². The van der Waals surface area contributed by atoms with E-state index in [0.29, 0.717) is 11.3 Å². The predicted molar refractivity (Wildman–Crippen MR) is 177 cm³/mol. The third-order valence-electron chi connectivity index (χ3n) is 7.87. The van der Waals surface area contributed by atoms with Crippen molar-refractivity contribution in [2.75, 3.05) is 0 Å². The zero-order valence-corrected chi connectivity index (χ0v) is 30.9. The van der Waals surface area contributed by atoms with Gasteiger partial charge in [0, 0.05) is 0 Å². The molecule has 0 saturated carbocycles. The molecular weight excluding hydrogens is 655 g/mol. The first-order chi connectivity index (χ1) is 20.2. The number of allylic oxidation sites excluding steroid dienone is 4. The van der Waals surface area contributed by atoms with Gasteiger partial charge < -0.3 is 24.8 Å². The SMILES string of the molecule is CCCCC1[C-]=CC(C(C)(C)C)=C1.Cc1ccc([C](=[Zr+2])c2ccc(C)cc2)cc1.[Cl-].[Cl-].[c-]1cccc2c1Cc1ccccc1-2. The van der Waals surface area contributed by atoms with Crippen LogP contribution in [0.25, 0.3) is 11.1 Å². The molecule has 4 aromatic carbocycles. The van der Waals surface area contributed by atoms with Crippen molar-refractivity contribution in [3.05, 3.63) is 154 Å². The topological polar surface area (TPSA) is 0 Å². The van der Waals surface area contributed by atoms with Crippen LogP contribution < -0.4 is 24.8 Å². The van der Waals surface area contributed by atoms with Crippen LogP contribution in [0.2, 0.25) is 0 Å². The van der Waals surface area contributed by atoms with Gasteiger partial charge >= 0.3 is 112 Å². The standard InChI is InChI=1S/C15H14.C13H9.C13H21.2ClH.Zr/c1-12-3-7-14(8-4-12)11-15-9-5-13(2)6-10-15;1-3-7-12-10(5-1)9-11-6-2-4-8-13(11)12;1-5-6-7-11-8-9-12(10-11)13(2,3)4;;;/h3-10H,1-2H3;1-5,7-8H,9H2;9-11H,5-7H2,1-4H3;2*1H;/q;2*-1;;;+2/p-2. The molecule has 2 aliphatic rings. The molecule has 0 aromatic heterocycles. The van der Waals surface area contributed by atoms with E-state index in [0.717, 1.165) is 6.42 Å². The Bertz CT molecular complexity index is 1450. The maximum atomic E-state index is 3.43. The van der Waals surface area contributed by atoms with Crippen LogP contribution in [0, 0.1) is 37.3 Å². The molecule has 0 heterocycles. The molecular formula is C41H44Cl2Zr-2. The summed E-state index contributed by atoms with van der Waals surface area (Å²) in [4.78, 5) is 0. The van der Waals surface area contributed by atoms with Gasteiger partial charge in [-0.2, -0.15) is 41.5 Å². The molecule has 1 unspecified atom stereocenters. The van der Waals surface area contributed by atoms with E-state index in [1.807, 2.05) is 6.07 Å². The molecule has 0 fully saturated rings. The van der Waals surface area contributed by atoms with Gasteiger partial charge in [-0.3, -0.25) is 6.08 Å². The minimum absolute atomic E-state index is 0. The van der Waals surface area contributed by atoms with E-state index in [1.165, 1.54) is 96.8 Å². The largest absolute Gasteiger partial charge is 1.00 e. The number of rotatable bonds is 5. The van der Waals surface area contributed by atoms with Crippen LogP contribution in [0.15, 0.2) is 109 Å². The van der Waals surface area contributed by atoms with Gasteiger partial charge in [0.2, 0.25) is 0 Å². The number of benzene rings is 4. The number of fused-ring (bicyclic) bond motifs is 3. The summed E-state index contributed by atoms with van der Waals surface area (Å²) in [5.74, 6) is 0.592. The number of unbranched alkanes of at least 4 members (excludes halogenated alkanes) is 1. The molecule has 0 spiro atoms. The molecule has 4 aromatic rings.